The molecule has 0 bridgehead atoms. The van der Waals surface area contributed by atoms with Gasteiger partial charge in [0, 0.05) is 12.6 Å². The van der Waals surface area contributed by atoms with Crippen LogP contribution in [-0.4, -0.2) is 22.4 Å². The van der Waals surface area contributed by atoms with Gasteiger partial charge in [0.2, 0.25) is 0 Å². The fraction of sp³-hybridized carbons (Fsp3) is 0.700. The van der Waals surface area contributed by atoms with Crippen molar-refractivity contribution in [3.8, 4) is 0 Å². The second-order valence-corrected chi connectivity index (χ2v) is 4.09. The number of aromatic nitrogens is 1. The van der Waals surface area contributed by atoms with E-state index in [1.165, 1.54) is 0 Å². The van der Waals surface area contributed by atoms with Crippen LogP contribution < -0.4 is 5.32 Å². The summed E-state index contributed by atoms with van der Waals surface area (Å²) in [5.74, 6) is 1.01. The molecule has 0 spiro atoms. The Bertz CT molecular complexity index is 255. The number of hydrogen-bond acceptors (Lipinski definition) is 4. The van der Waals surface area contributed by atoms with E-state index in [-0.39, 0.29) is 5.92 Å². The lowest BCUT2D eigenvalue weighted by Crippen LogP contribution is -2.41. The maximum absolute atomic E-state index is 9.91. The van der Waals surface area contributed by atoms with Crippen LogP contribution in [0.15, 0.2) is 16.8 Å². The van der Waals surface area contributed by atoms with Gasteiger partial charge in [-0.05, 0) is 12.8 Å². The van der Waals surface area contributed by atoms with Crippen molar-refractivity contribution in [1.82, 2.24) is 10.5 Å². The summed E-state index contributed by atoms with van der Waals surface area (Å²) in [4.78, 5) is 0. The van der Waals surface area contributed by atoms with Crippen LogP contribution in [0.5, 0.6) is 0 Å². The lowest BCUT2D eigenvalue weighted by Gasteiger charge is -2.27. The van der Waals surface area contributed by atoms with Crippen LogP contribution in [0.4, 0.5) is 0 Å². The Labute approximate surface area is 84.3 Å². The highest BCUT2D eigenvalue weighted by Gasteiger charge is 2.23. The van der Waals surface area contributed by atoms with Crippen molar-refractivity contribution in [3.05, 3.63) is 18.0 Å². The molecule has 0 aromatic carbocycles. The molecule has 2 N–H and O–H groups in total. The van der Waals surface area contributed by atoms with Crippen LogP contribution in [-0.2, 0) is 6.54 Å². The smallest absolute Gasteiger partial charge is 0.150 e. The van der Waals surface area contributed by atoms with Gasteiger partial charge in [0.1, 0.15) is 5.76 Å². The summed E-state index contributed by atoms with van der Waals surface area (Å²) in [6.07, 6.45) is 1.61. The quantitative estimate of drug-likeness (QED) is 0.745. The summed E-state index contributed by atoms with van der Waals surface area (Å²) in [6, 6.07) is 1.80. The van der Waals surface area contributed by atoms with Crippen LogP contribution in [0.25, 0.3) is 0 Å². The average Bonchev–Trinajstić information content (AvgIpc) is 2.56. The summed E-state index contributed by atoms with van der Waals surface area (Å²) < 4.78 is 4.91. The average molecular weight is 198 g/mol. The van der Waals surface area contributed by atoms with E-state index in [0.717, 1.165) is 5.76 Å². The molecule has 0 saturated carbocycles. The van der Waals surface area contributed by atoms with Gasteiger partial charge in [-0.15, -0.1) is 0 Å². The predicted octanol–water partition coefficient (Wildman–Crippen LogP) is 1.17. The van der Waals surface area contributed by atoms with Crippen LogP contribution in [0.1, 0.15) is 26.5 Å². The minimum atomic E-state index is -0.681. The first-order valence-electron chi connectivity index (χ1n) is 4.85. The van der Waals surface area contributed by atoms with Crippen molar-refractivity contribution in [2.45, 2.75) is 32.9 Å². The van der Waals surface area contributed by atoms with Crippen molar-refractivity contribution in [3.63, 3.8) is 0 Å². The lowest BCUT2D eigenvalue weighted by molar-refractivity contribution is 0.0136. The van der Waals surface area contributed by atoms with Gasteiger partial charge in [-0.3, -0.25) is 0 Å². The minimum Gasteiger partial charge on any atom is -0.389 e. The minimum absolute atomic E-state index is 0.227. The molecule has 0 radical (unpaired) electrons. The maximum Gasteiger partial charge on any atom is 0.150 e. The standard InChI is InChI=1S/C10H18N2O2/c1-8(2)10(3,13)7-11-6-9-4-5-12-14-9/h4-5,8,11,13H,6-7H2,1-3H3. The monoisotopic (exact) mass is 198 g/mol. The summed E-state index contributed by atoms with van der Waals surface area (Å²) in [5.41, 5.74) is -0.681. The fourth-order valence-electron chi connectivity index (χ4n) is 0.976. The largest absolute Gasteiger partial charge is 0.389 e. The van der Waals surface area contributed by atoms with Crippen molar-refractivity contribution >= 4 is 0 Å². The third-order valence-corrected chi connectivity index (χ3v) is 2.52. The molecule has 14 heavy (non-hydrogen) atoms. The summed E-state index contributed by atoms with van der Waals surface area (Å²) >= 11 is 0. The molecule has 1 aromatic heterocycles. The number of nitrogens with zero attached hydrogens (tertiary/aromatic N) is 1. The fourth-order valence-corrected chi connectivity index (χ4v) is 0.976. The highest BCUT2D eigenvalue weighted by molar-refractivity contribution is 4.92. The van der Waals surface area contributed by atoms with E-state index in [2.05, 4.69) is 10.5 Å². The Hall–Kier alpha value is -0.870. The number of hydrogen-bond donors (Lipinski definition) is 2. The first-order valence-corrected chi connectivity index (χ1v) is 4.85. The second kappa shape index (κ2) is 4.57. The molecule has 0 aliphatic heterocycles. The molecule has 1 unspecified atom stereocenters. The van der Waals surface area contributed by atoms with Crippen molar-refractivity contribution in [1.29, 1.82) is 0 Å². The zero-order valence-electron chi connectivity index (χ0n) is 8.95. The van der Waals surface area contributed by atoms with Gasteiger partial charge in [-0.1, -0.05) is 19.0 Å². The first-order chi connectivity index (χ1) is 6.52. The molecule has 4 heteroatoms. The lowest BCUT2D eigenvalue weighted by atomic mass is 9.92. The van der Waals surface area contributed by atoms with Crippen molar-refractivity contribution in [2.24, 2.45) is 5.92 Å². The second-order valence-electron chi connectivity index (χ2n) is 4.09. The van der Waals surface area contributed by atoms with Crippen molar-refractivity contribution in [2.75, 3.05) is 6.54 Å². The molecule has 4 nitrogen and oxygen atoms in total. The molecule has 0 aliphatic rings. The maximum atomic E-state index is 9.91. The van der Waals surface area contributed by atoms with Crippen LogP contribution in [0.2, 0.25) is 0 Å². The van der Waals surface area contributed by atoms with Gasteiger partial charge in [-0.2, -0.15) is 0 Å². The zero-order chi connectivity index (χ0) is 10.6. The highest BCUT2D eigenvalue weighted by atomic mass is 16.5. The molecule has 80 valence electrons. The van der Waals surface area contributed by atoms with E-state index in [4.69, 9.17) is 4.52 Å². The Morgan fingerprint density at radius 1 is 1.64 bits per heavy atom. The molecule has 0 fully saturated rings. The topological polar surface area (TPSA) is 58.3 Å². The number of nitrogens with one attached hydrogen (secondary N) is 1. The van der Waals surface area contributed by atoms with Crippen LogP contribution >= 0.6 is 0 Å². The predicted molar refractivity (Wildman–Crippen MR) is 53.7 cm³/mol. The van der Waals surface area contributed by atoms with Crippen LogP contribution in [0.3, 0.4) is 0 Å². The molecular weight excluding hydrogens is 180 g/mol. The summed E-state index contributed by atoms with van der Waals surface area (Å²) in [6.45, 7) is 6.96. The molecule has 1 atom stereocenters. The van der Waals surface area contributed by atoms with Gasteiger partial charge in [0.05, 0.1) is 18.3 Å². The Morgan fingerprint density at radius 2 is 2.36 bits per heavy atom. The highest BCUT2D eigenvalue weighted by Crippen LogP contribution is 2.14. The Kier molecular flexibility index (Phi) is 3.66. The Morgan fingerprint density at radius 3 is 2.86 bits per heavy atom. The number of rotatable bonds is 5. The molecular formula is C10H18N2O2. The summed E-state index contributed by atoms with van der Waals surface area (Å²) in [5, 5.41) is 16.6. The van der Waals surface area contributed by atoms with E-state index in [1.54, 1.807) is 12.3 Å². The van der Waals surface area contributed by atoms with Gasteiger partial charge in [0.15, 0.2) is 0 Å². The van der Waals surface area contributed by atoms with E-state index >= 15 is 0 Å². The SMILES string of the molecule is CC(C)C(C)(O)CNCc1ccno1. The third kappa shape index (κ3) is 3.12. The summed E-state index contributed by atoms with van der Waals surface area (Å²) in [7, 11) is 0. The van der Waals surface area contributed by atoms with Crippen molar-refractivity contribution < 1.29 is 9.63 Å². The number of aliphatic hydroxyl groups is 1. The van der Waals surface area contributed by atoms with Gasteiger partial charge >= 0.3 is 0 Å². The Balaban J connectivity index is 2.28. The normalized spacial score (nSPS) is 15.8. The van der Waals surface area contributed by atoms with E-state index in [0.29, 0.717) is 13.1 Å². The molecule has 0 amide bonds. The van der Waals surface area contributed by atoms with E-state index < -0.39 is 5.60 Å². The molecule has 0 aliphatic carbocycles. The van der Waals surface area contributed by atoms with Crippen LogP contribution in [0, 0.1) is 5.92 Å². The molecule has 1 aromatic rings. The van der Waals surface area contributed by atoms with Gasteiger partial charge in [0.25, 0.3) is 0 Å². The zero-order valence-corrected chi connectivity index (χ0v) is 8.95. The molecule has 0 saturated heterocycles. The van der Waals surface area contributed by atoms with Gasteiger partial charge in [-0.25, -0.2) is 0 Å². The van der Waals surface area contributed by atoms with E-state index in [1.807, 2.05) is 20.8 Å². The first kappa shape index (κ1) is 11.2. The van der Waals surface area contributed by atoms with Gasteiger partial charge < -0.3 is 14.9 Å². The molecule has 1 rings (SSSR count). The van der Waals surface area contributed by atoms with E-state index in [9.17, 15) is 5.11 Å². The molecule has 1 heterocycles. The third-order valence-electron chi connectivity index (χ3n) is 2.52.